The molecule has 0 aromatic rings. The van der Waals surface area contributed by atoms with Crippen LogP contribution in [0.15, 0.2) is 23.8 Å². The second-order valence-electron chi connectivity index (χ2n) is 11.5. The van der Waals surface area contributed by atoms with Crippen molar-refractivity contribution in [3.63, 3.8) is 0 Å². The van der Waals surface area contributed by atoms with Crippen LogP contribution in [0.2, 0.25) is 0 Å². The van der Waals surface area contributed by atoms with E-state index in [4.69, 9.17) is 4.74 Å². The molecule has 0 radical (unpaired) electrons. The smallest absolute Gasteiger partial charge is 0.416 e. The highest BCUT2D eigenvalue weighted by Crippen LogP contribution is 2.64. The number of hydrogen-bond donors (Lipinski definition) is 0. The van der Waals surface area contributed by atoms with Crippen LogP contribution in [0, 0.1) is 28.6 Å². The zero-order valence-corrected chi connectivity index (χ0v) is 20.5. The summed E-state index contributed by atoms with van der Waals surface area (Å²) in [4.78, 5) is 42.1. The van der Waals surface area contributed by atoms with Gasteiger partial charge in [0.1, 0.15) is 0 Å². The predicted molar refractivity (Wildman–Crippen MR) is 125 cm³/mol. The van der Waals surface area contributed by atoms with Gasteiger partial charge in [0.05, 0.1) is 7.11 Å². The van der Waals surface area contributed by atoms with E-state index in [1.165, 1.54) is 12.0 Å². The van der Waals surface area contributed by atoms with Gasteiger partial charge in [-0.15, -0.1) is 0 Å². The van der Waals surface area contributed by atoms with E-state index in [0.717, 1.165) is 63.4 Å². The summed E-state index contributed by atoms with van der Waals surface area (Å²) in [6.45, 7) is 4.67. The number of fused-ring (bicyclic) bond motifs is 5. The first-order valence-electron chi connectivity index (χ1n) is 12.8. The minimum absolute atomic E-state index is 0.00247. The Morgan fingerprint density at radius 1 is 1.12 bits per heavy atom. The number of carbonyl (C=O) groups is 3. The van der Waals surface area contributed by atoms with Crippen LogP contribution in [0.25, 0.3) is 0 Å². The molecule has 5 rings (SSSR count). The van der Waals surface area contributed by atoms with E-state index in [1.807, 2.05) is 18.0 Å². The second-order valence-corrected chi connectivity index (χ2v) is 11.5. The average Bonchev–Trinajstić information content (AvgIpc) is 3.45. The van der Waals surface area contributed by atoms with Gasteiger partial charge in [0.15, 0.2) is 0 Å². The molecule has 0 aromatic heterocycles. The molecule has 0 aromatic carbocycles. The molecule has 5 aliphatic rings. The van der Waals surface area contributed by atoms with Gasteiger partial charge in [0.2, 0.25) is 5.91 Å². The highest BCUT2D eigenvalue weighted by molar-refractivity contribution is 6.03. The lowest BCUT2D eigenvalue weighted by Gasteiger charge is -2.60. The van der Waals surface area contributed by atoms with Crippen molar-refractivity contribution < 1.29 is 19.1 Å². The van der Waals surface area contributed by atoms with E-state index in [-0.39, 0.29) is 34.7 Å². The van der Waals surface area contributed by atoms with Crippen LogP contribution >= 0.6 is 0 Å². The SMILES string of the molecule is COC(=O)N(C(=O)C1=CCCC1)C1CC[C@H]2[C@@H]3CCC4N(C)C(=O)C=C[C@]4(C)[C@@H]3CC[C@]12C. The maximum absolute atomic E-state index is 13.4. The lowest BCUT2D eigenvalue weighted by atomic mass is 9.48. The van der Waals surface area contributed by atoms with Crippen LogP contribution in [-0.4, -0.2) is 53.9 Å². The van der Waals surface area contributed by atoms with Crippen LogP contribution in [-0.2, 0) is 14.3 Å². The number of ether oxygens (including phenoxy) is 1. The van der Waals surface area contributed by atoms with Crippen LogP contribution < -0.4 is 0 Å². The topological polar surface area (TPSA) is 66.9 Å². The minimum Gasteiger partial charge on any atom is -0.452 e. The first kappa shape index (κ1) is 22.7. The zero-order chi connectivity index (χ0) is 23.5. The number of amides is 3. The van der Waals surface area contributed by atoms with E-state index < -0.39 is 6.09 Å². The Morgan fingerprint density at radius 3 is 2.61 bits per heavy atom. The summed E-state index contributed by atoms with van der Waals surface area (Å²) >= 11 is 0. The summed E-state index contributed by atoms with van der Waals surface area (Å²) in [5.74, 6) is 1.54. The molecule has 4 aliphatic carbocycles. The summed E-state index contributed by atoms with van der Waals surface area (Å²) in [7, 11) is 3.33. The Labute approximate surface area is 197 Å². The molecule has 3 amide bonds. The minimum atomic E-state index is -0.507. The fraction of sp³-hybridized carbons (Fsp3) is 0.741. The fourth-order valence-corrected chi connectivity index (χ4v) is 8.60. The van der Waals surface area contributed by atoms with Crippen molar-refractivity contribution in [2.24, 2.45) is 28.6 Å². The van der Waals surface area contributed by atoms with Crippen LogP contribution in [0.5, 0.6) is 0 Å². The molecule has 1 aliphatic heterocycles. The molecule has 0 bridgehead atoms. The molecule has 2 unspecified atom stereocenters. The van der Waals surface area contributed by atoms with Crippen LogP contribution in [0.3, 0.4) is 0 Å². The van der Waals surface area contributed by atoms with Gasteiger partial charge in [-0.25, -0.2) is 9.69 Å². The number of allylic oxidation sites excluding steroid dienone is 1. The second kappa shape index (κ2) is 7.99. The molecule has 0 saturated heterocycles. The third kappa shape index (κ3) is 3.23. The highest BCUT2D eigenvalue weighted by atomic mass is 16.5. The molecule has 7 atom stereocenters. The summed E-state index contributed by atoms with van der Waals surface area (Å²) in [5.41, 5.74) is 0.680. The van der Waals surface area contributed by atoms with Gasteiger partial charge in [-0.05, 0) is 87.0 Å². The predicted octanol–water partition coefficient (Wildman–Crippen LogP) is 4.70. The van der Waals surface area contributed by atoms with Gasteiger partial charge in [-0.3, -0.25) is 9.59 Å². The highest BCUT2D eigenvalue weighted by Gasteiger charge is 2.62. The fourth-order valence-electron chi connectivity index (χ4n) is 8.60. The van der Waals surface area contributed by atoms with Crippen LogP contribution in [0.1, 0.15) is 71.6 Å². The maximum atomic E-state index is 13.4. The number of carbonyl (C=O) groups excluding carboxylic acids is 3. The molecule has 3 saturated carbocycles. The van der Waals surface area contributed by atoms with Crippen molar-refractivity contribution in [1.29, 1.82) is 0 Å². The standard InChI is InChI=1S/C27H38N2O4/c1-26-16-14-23(30)28(3)21(26)11-9-18-19-10-12-22(27(19,2)15-13-20(18)26)29(25(32)33-4)24(31)17-7-5-6-8-17/h7,14,16,18-22H,5-6,8-13,15H2,1-4H3/t18-,19-,20+,21?,22?,26+,27-/m0/s1. The number of likely N-dealkylation sites (N-methyl/N-ethyl adjacent to an activating group) is 1. The van der Waals surface area contributed by atoms with Crippen molar-refractivity contribution in [2.75, 3.05) is 14.2 Å². The van der Waals surface area contributed by atoms with E-state index >= 15 is 0 Å². The van der Waals surface area contributed by atoms with E-state index in [1.54, 1.807) is 6.08 Å². The molecule has 1 heterocycles. The number of rotatable bonds is 2. The van der Waals surface area contributed by atoms with Gasteiger partial charge < -0.3 is 9.64 Å². The summed E-state index contributed by atoms with van der Waals surface area (Å²) in [6.07, 6.45) is 14.2. The lowest BCUT2D eigenvalue weighted by molar-refractivity contribution is -0.140. The third-order valence-electron chi connectivity index (χ3n) is 10.3. The molecule has 33 heavy (non-hydrogen) atoms. The molecule has 180 valence electrons. The van der Waals surface area contributed by atoms with Gasteiger partial charge in [-0.2, -0.15) is 0 Å². The van der Waals surface area contributed by atoms with Crippen LogP contribution in [0.4, 0.5) is 4.79 Å². The first-order valence-corrected chi connectivity index (χ1v) is 12.8. The number of imide groups is 1. The van der Waals surface area contributed by atoms with E-state index in [9.17, 15) is 14.4 Å². The monoisotopic (exact) mass is 454 g/mol. The van der Waals surface area contributed by atoms with Gasteiger partial charge in [0, 0.05) is 30.1 Å². The summed E-state index contributed by atoms with van der Waals surface area (Å²) in [6, 6.07) is 0.154. The molecular weight excluding hydrogens is 416 g/mol. The lowest BCUT2D eigenvalue weighted by Crippen LogP contribution is -2.61. The summed E-state index contributed by atoms with van der Waals surface area (Å²) in [5, 5.41) is 0. The Kier molecular flexibility index (Phi) is 5.49. The number of methoxy groups -OCH3 is 1. The Hall–Kier alpha value is -2.11. The van der Waals surface area contributed by atoms with E-state index in [0.29, 0.717) is 17.8 Å². The molecule has 0 spiro atoms. The Bertz CT molecular complexity index is 925. The third-order valence-corrected chi connectivity index (χ3v) is 10.3. The average molecular weight is 455 g/mol. The largest absolute Gasteiger partial charge is 0.452 e. The van der Waals surface area contributed by atoms with Gasteiger partial charge >= 0.3 is 6.09 Å². The van der Waals surface area contributed by atoms with Gasteiger partial charge in [0.25, 0.3) is 5.91 Å². The summed E-state index contributed by atoms with van der Waals surface area (Å²) < 4.78 is 5.14. The first-order chi connectivity index (χ1) is 15.7. The van der Waals surface area contributed by atoms with Crippen molar-refractivity contribution in [2.45, 2.75) is 83.7 Å². The quantitative estimate of drug-likeness (QED) is 0.607. The Balaban J connectivity index is 1.44. The molecule has 6 heteroatoms. The number of hydrogen-bond acceptors (Lipinski definition) is 4. The van der Waals surface area contributed by atoms with E-state index in [2.05, 4.69) is 19.9 Å². The molecule has 6 nitrogen and oxygen atoms in total. The van der Waals surface area contributed by atoms with Gasteiger partial charge in [-0.1, -0.05) is 26.0 Å². The van der Waals surface area contributed by atoms with Crippen molar-refractivity contribution in [3.8, 4) is 0 Å². The molecule has 0 N–H and O–H groups in total. The normalized spacial score (nSPS) is 41.7. The number of nitrogens with zero attached hydrogens (tertiary/aromatic N) is 2. The van der Waals surface area contributed by atoms with Crippen molar-refractivity contribution >= 4 is 17.9 Å². The molecular formula is C27H38N2O4. The molecule has 3 fully saturated rings. The van der Waals surface area contributed by atoms with Crippen molar-refractivity contribution in [1.82, 2.24) is 9.80 Å². The Morgan fingerprint density at radius 2 is 1.91 bits per heavy atom. The van der Waals surface area contributed by atoms with Crippen molar-refractivity contribution in [3.05, 3.63) is 23.8 Å². The maximum Gasteiger partial charge on any atom is 0.416 e. The zero-order valence-electron chi connectivity index (χ0n) is 20.5.